The first-order valence-electron chi connectivity index (χ1n) is 7.76. The Morgan fingerprint density at radius 2 is 1.96 bits per heavy atom. The first kappa shape index (κ1) is 17.6. The SMILES string of the molecule is COc1ccc(OC)c(Nc2ccc(NC(=O)CC(C)C)cn2)c1. The first-order valence-corrected chi connectivity index (χ1v) is 7.76. The van der Waals surface area contributed by atoms with E-state index < -0.39 is 0 Å². The maximum atomic E-state index is 11.8. The van der Waals surface area contributed by atoms with Gasteiger partial charge < -0.3 is 20.1 Å². The summed E-state index contributed by atoms with van der Waals surface area (Å²) in [5.74, 6) is 2.35. The molecule has 0 bridgehead atoms. The summed E-state index contributed by atoms with van der Waals surface area (Å²) in [6.45, 7) is 4.01. The van der Waals surface area contributed by atoms with Gasteiger partial charge in [-0.2, -0.15) is 0 Å². The van der Waals surface area contributed by atoms with Crippen molar-refractivity contribution in [1.29, 1.82) is 0 Å². The summed E-state index contributed by atoms with van der Waals surface area (Å²) in [5.41, 5.74) is 1.42. The topological polar surface area (TPSA) is 72.5 Å². The van der Waals surface area contributed by atoms with Crippen molar-refractivity contribution >= 4 is 23.1 Å². The Hall–Kier alpha value is -2.76. The van der Waals surface area contributed by atoms with Crippen molar-refractivity contribution < 1.29 is 14.3 Å². The van der Waals surface area contributed by atoms with Crippen molar-refractivity contribution in [2.75, 3.05) is 24.9 Å². The van der Waals surface area contributed by atoms with Crippen LogP contribution in [0.1, 0.15) is 20.3 Å². The average molecular weight is 329 g/mol. The number of ether oxygens (including phenoxy) is 2. The van der Waals surface area contributed by atoms with Crippen molar-refractivity contribution in [2.24, 2.45) is 5.92 Å². The van der Waals surface area contributed by atoms with Gasteiger partial charge >= 0.3 is 0 Å². The molecule has 0 aliphatic rings. The highest BCUT2D eigenvalue weighted by Crippen LogP contribution is 2.31. The fourth-order valence-corrected chi connectivity index (χ4v) is 2.17. The quantitative estimate of drug-likeness (QED) is 0.808. The summed E-state index contributed by atoms with van der Waals surface area (Å²) >= 11 is 0. The van der Waals surface area contributed by atoms with E-state index in [1.165, 1.54) is 0 Å². The molecule has 0 unspecified atom stereocenters. The number of rotatable bonds is 7. The summed E-state index contributed by atoms with van der Waals surface area (Å²) in [7, 11) is 3.21. The number of carbonyl (C=O) groups excluding carboxylic acids is 1. The van der Waals surface area contributed by atoms with E-state index in [1.807, 2.05) is 32.0 Å². The number of nitrogens with one attached hydrogen (secondary N) is 2. The van der Waals surface area contributed by atoms with Crippen LogP contribution < -0.4 is 20.1 Å². The van der Waals surface area contributed by atoms with E-state index in [1.54, 1.807) is 32.5 Å². The lowest BCUT2D eigenvalue weighted by Crippen LogP contribution is -2.14. The Morgan fingerprint density at radius 3 is 2.54 bits per heavy atom. The number of benzene rings is 1. The predicted molar refractivity (Wildman–Crippen MR) is 95.2 cm³/mol. The molecule has 0 fully saturated rings. The third-order valence-electron chi connectivity index (χ3n) is 3.31. The molecule has 1 amide bonds. The second-order valence-corrected chi connectivity index (χ2v) is 5.77. The van der Waals surface area contributed by atoms with E-state index in [4.69, 9.17) is 9.47 Å². The normalized spacial score (nSPS) is 10.4. The monoisotopic (exact) mass is 329 g/mol. The molecule has 2 rings (SSSR count). The molecule has 2 aromatic rings. The second kappa shape index (κ2) is 8.19. The van der Waals surface area contributed by atoms with Crippen molar-refractivity contribution in [1.82, 2.24) is 4.98 Å². The van der Waals surface area contributed by atoms with Crippen molar-refractivity contribution in [3.8, 4) is 11.5 Å². The van der Waals surface area contributed by atoms with E-state index in [9.17, 15) is 4.79 Å². The van der Waals surface area contributed by atoms with Gasteiger partial charge in [0.25, 0.3) is 0 Å². The molecule has 0 aliphatic carbocycles. The van der Waals surface area contributed by atoms with Gasteiger partial charge in [-0.3, -0.25) is 4.79 Å². The number of nitrogens with zero attached hydrogens (tertiary/aromatic N) is 1. The lowest BCUT2D eigenvalue weighted by atomic mass is 10.1. The van der Waals surface area contributed by atoms with Crippen molar-refractivity contribution in [3.05, 3.63) is 36.5 Å². The highest BCUT2D eigenvalue weighted by Gasteiger charge is 2.08. The smallest absolute Gasteiger partial charge is 0.224 e. The molecule has 0 atom stereocenters. The number of hydrogen-bond donors (Lipinski definition) is 2. The van der Waals surface area contributed by atoms with E-state index in [2.05, 4.69) is 15.6 Å². The molecule has 0 saturated heterocycles. The van der Waals surface area contributed by atoms with Crippen molar-refractivity contribution in [2.45, 2.75) is 20.3 Å². The minimum absolute atomic E-state index is 0.0121. The Balaban J connectivity index is 2.07. The Bertz CT molecular complexity index is 684. The summed E-state index contributed by atoms with van der Waals surface area (Å²) in [4.78, 5) is 16.1. The average Bonchev–Trinajstić information content (AvgIpc) is 2.55. The number of methoxy groups -OCH3 is 2. The van der Waals surface area contributed by atoms with E-state index in [0.29, 0.717) is 29.6 Å². The fourth-order valence-electron chi connectivity index (χ4n) is 2.17. The summed E-state index contributed by atoms with van der Waals surface area (Å²) in [6, 6.07) is 9.08. The summed E-state index contributed by atoms with van der Waals surface area (Å²) in [5, 5.41) is 6.01. The maximum absolute atomic E-state index is 11.8. The van der Waals surface area contributed by atoms with Gasteiger partial charge in [-0.1, -0.05) is 13.8 Å². The molecule has 0 saturated carbocycles. The molecule has 128 valence electrons. The molecule has 0 spiro atoms. The molecule has 1 aromatic carbocycles. The highest BCUT2D eigenvalue weighted by molar-refractivity contribution is 5.90. The number of amides is 1. The standard InChI is InChI=1S/C18H23N3O3/c1-12(2)9-18(22)20-13-5-8-17(19-11-13)21-15-10-14(23-3)6-7-16(15)24-4/h5-8,10-12H,9H2,1-4H3,(H,19,21)(H,20,22). The Kier molecular flexibility index (Phi) is 6.01. The van der Waals surface area contributed by atoms with Crippen LogP contribution in [0.25, 0.3) is 0 Å². The van der Waals surface area contributed by atoms with E-state index in [0.717, 1.165) is 11.4 Å². The molecule has 6 nitrogen and oxygen atoms in total. The number of aromatic nitrogens is 1. The van der Waals surface area contributed by atoms with Crippen LogP contribution in [-0.2, 0) is 4.79 Å². The molecule has 2 N–H and O–H groups in total. The van der Waals surface area contributed by atoms with Crippen LogP contribution in [0.2, 0.25) is 0 Å². The third-order valence-corrected chi connectivity index (χ3v) is 3.31. The molecular formula is C18H23N3O3. The second-order valence-electron chi connectivity index (χ2n) is 5.77. The number of hydrogen-bond acceptors (Lipinski definition) is 5. The van der Waals surface area contributed by atoms with Crippen LogP contribution in [0.4, 0.5) is 17.2 Å². The van der Waals surface area contributed by atoms with Gasteiger partial charge in [-0.15, -0.1) is 0 Å². The molecule has 0 radical (unpaired) electrons. The zero-order valence-electron chi connectivity index (χ0n) is 14.4. The third kappa shape index (κ3) is 4.87. The summed E-state index contributed by atoms with van der Waals surface area (Å²) < 4.78 is 10.6. The van der Waals surface area contributed by atoms with Gasteiger partial charge in [0.2, 0.25) is 5.91 Å². The lowest BCUT2D eigenvalue weighted by Gasteiger charge is -2.12. The highest BCUT2D eigenvalue weighted by atomic mass is 16.5. The Morgan fingerprint density at radius 1 is 1.17 bits per heavy atom. The minimum atomic E-state index is -0.0121. The first-order chi connectivity index (χ1) is 11.5. The van der Waals surface area contributed by atoms with Crippen LogP contribution in [0.5, 0.6) is 11.5 Å². The molecule has 24 heavy (non-hydrogen) atoms. The van der Waals surface area contributed by atoms with Crippen LogP contribution in [0, 0.1) is 5.92 Å². The largest absolute Gasteiger partial charge is 0.497 e. The van der Waals surface area contributed by atoms with Gasteiger partial charge in [0.15, 0.2) is 0 Å². The zero-order valence-corrected chi connectivity index (χ0v) is 14.4. The predicted octanol–water partition coefficient (Wildman–Crippen LogP) is 3.83. The van der Waals surface area contributed by atoms with Crippen LogP contribution in [0.15, 0.2) is 36.5 Å². The fraction of sp³-hybridized carbons (Fsp3) is 0.333. The molecule has 1 heterocycles. The number of anilines is 3. The van der Waals surface area contributed by atoms with Gasteiger partial charge in [0.05, 0.1) is 31.8 Å². The maximum Gasteiger partial charge on any atom is 0.224 e. The molecule has 6 heteroatoms. The van der Waals surface area contributed by atoms with Crippen LogP contribution in [0.3, 0.4) is 0 Å². The van der Waals surface area contributed by atoms with Crippen LogP contribution in [-0.4, -0.2) is 25.1 Å². The van der Waals surface area contributed by atoms with E-state index in [-0.39, 0.29) is 5.91 Å². The van der Waals surface area contributed by atoms with Gasteiger partial charge in [-0.25, -0.2) is 4.98 Å². The number of pyridine rings is 1. The molecule has 1 aromatic heterocycles. The molecular weight excluding hydrogens is 306 g/mol. The molecule has 0 aliphatic heterocycles. The minimum Gasteiger partial charge on any atom is -0.497 e. The van der Waals surface area contributed by atoms with Gasteiger partial charge in [0.1, 0.15) is 17.3 Å². The van der Waals surface area contributed by atoms with Gasteiger partial charge in [0, 0.05) is 12.5 Å². The lowest BCUT2D eigenvalue weighted by molar-refractivity contribution is -0.116. The van der Waals surface area contributed by atoms with Gasteiger partial charge in [-0.05, 0) is 30.2 Å². The number of carbonyl (C=O) groups is 1. The van der Waals surface area contributed by atoms with Crippen LogP contribution >= 0.6 is 0 Å². The van der Waals surface area contributed by atoms with Crippen molar-refractivity contribution in [3.63, 3.8) is 0 Å². The summed E-state index contributed by atoms with van der Waals surface area (Å²) in [6.07, 6.45) is 2.11. The Labute approximate surface area is 142 Å². The zero-order chi connectivity index (χ0) is 17.5. The van der Waals surface area contributed by atoms with E-state index >= 15 is 0 Å².